The van der Waals surface area contributed by atoms with E-state index in [1.54, 1.807) is 6.07 Å². The Morgan fingerprint density at radius 1 is 1.39 bits per heavy atom. The molecule has 0 radical (unpaired) electrons. The highest BCUT2D eigenvalue weighted by Gasteiger charge is 2.28. The Bertz CT molecular complexity index is 556. The van der Waals surface area contributed by atoms with Gasteiger partial charge in [0.25, 0.3) is 5.91 Å². The van der Waals surface area contributed by atoms with Gasteiger partial charge < -0.3 is 5.32 Å². The summed E-state index contributed by atoms with van der Waals surface area (Å²) >= 11 is 2.11. The number of hydrogen-bond donors (Lipinski definition) is 1. The van der Waals surface area contributed by atoms with Crippen molar-refractivity contribution in [3.05, 3.63) is 33.4 Å². The van der Waals surface area contributed by atoms with Crippen LogP contribution < -0.4 is 5.32 Å². The first-order valence-electron chi connectivity index (χ1n) is 5.71. The lowest BCUT2D eigenvalue weighted by Gasteiger charge is -2.10. The third-order valence-electron chi connectivity index (χ3n) is 3.00. The van der Waals surface area contributed by atoms with Crippen LogP contribution in [0.1, 0.15) is 16.8 Å². The zero-order valence-electron chi connectivity index (χ0n) is 9.73. The predicted molar refractivity (Wildman–Crippen MR) is 78.3 cm³/mol. The molecule has 1 heterocycles. The molecule has 1 aliphatic rings. The van der Waals surface area contributed by atoms with Crippen LogP contribution in [-0.2, 0) is 9.84 Å². The van der Waals surface area contributed by atoms with Gasteiger partial charge in [0.1, 0.15) is 0 Å². The van der Waals surface area contributed by atoms with Gasteiger partial charge in [0.05, 0.1) is 17.1 Å². The average Bonchev–Trinajstić information content (AvgIpc) is 2.66. The molecule has 1 atom stereocenters. The second kappa shape index (κ2) is 5.56. The Balaban J connectivity index is 1.92. The molecular formula is C12H14INO3S. The van der Waals surface area contributed by atoms with Crippen LogP contribution in [0.25, 0.3) is 0 Å². The minimum atomic E-state index is -2.87. The number of rotatable bonds is 3. The zero-order valence-corrected chi connectivity index (χ0v) is 12.7. The first-order chi connectivity index (χ1) is 8.48. The van der Waals surface area contributed by atoms with E-state index in [-0.39, 0.29) is 23.3 Å². The van der Waals surface area contributed by atoms with E-state index in [4.69, 9.17) is 0 Å². The van der Waals surface area contributed by atoms with Gasteiger partial charge >= 0.3 is 0 Å². The quantitative estimate of drug-likeness (QED) is 0.809. The highest BCUT2D eigenvalue weighted by Crippen LogP contribution is 2.18. The van der Waals surface area contributed by atoms with Crippen LogP contribution in [0.2, 0.25) is 0 Å². The topological polar surface area (TPSA) is 63.2 Å². The Morgan fingerprint density at radius 3 is 2.72 bits per heavy atom. The average molecular weight is 379 g/mol. The molecule has 1 saturated heterocycles. The molecule has 2 rings (SSSR count). The van der Waals surface area contributed by atoms with E-state index in [0.717, 1.165) is 3.57 Å². The van der Waals surface area contributed by atoms with Crippen molar-refractivity contribution in [3.63, 3.8) is 0 Å². The Kier molecular flexibility index (Phi) is 4.26. The summed E-state index contributed by atoms with van der Waals surface area (Å²) in [5.41, 5.74) is 0.638. The number of halogens is 1. The van der Waals surface area contributed by atoms with Gasteiger partial charge in [-0.1, -0.05) is 12.1 Å². The van der Waals surface area contributed by atoms with Gasteiger partial charge in [0.2, 0.25) is 0 Å². The number of benzene rings is 1. The van der Waals surface area contributed by atoms with E-state index in [1.165, 1.54) is 0 Å². The van der Waals surface area contributed by atoms with Crippen LogP contribution in [0.3, 0.4) is 0 Å². The Hall–Kier alpha value is -0.630. The Morgan fingerprint density at radius 2 is 2.11 bits per heavy atom. The number of carbonyl (C=O) groups is 1. The van der Waals surface area contributed by atoms with Crippen molar-refractivity contribution in [1.82, 2.24) is 5.32 Å². The summed E-state index contributed by atoms with van der Waals surface area (Å²) in [5, 5.41) is 2.81. The molecule has 0 aliphatic carbocycles. The monoisotopic (exact) mass is 379 g/mol. The van der Waals surface area contributed by atoms with Gasteiger partial charge in [-0.2, -0.15) is 0 Å². The SMILES string of the molecule is O=C(NCC1CCS(=O)(=O)C1)c1ccccc1I. The minimum absolute atomic E-state index is 0.0559. The van der Waals surface area contributed by atoms with Crippen LogP contribution in [-0.4, -0.2) is 32.4 Å². The van der Waals surface area contributed by atoms with E-state index in [2.05, 4.69) is 27.9 Å². The largest absolute Gasteiger partial charge is 0.352 e. The van der Waals surface area contributed by atoms with Gasteiger partial charge in [-0.3, -0.25) is 4.79 Å². The maximum absolute atomic E-state index is 11.9. The summed E-state index contributed by atoms with van der Waals surface area (Å²) in [5.74, 6) is 0.361. The standard InChI is InChI=1S/C12H14INO3S/c13-11-4-2-1-3-10(11)12(15)14-7-9-5-6-18(16,17)8-9/h1-4,9H,5-8H2,(H,14,15). The van der Waals surface area contributed by atoms with Crippen molar-refractivity contribution in [1.29, 1.82) is 0 Å². The van der Waals surface area contributed by atoms with E-state index < -0.39 is 9.84 Å². The maximum atomic E-state index is 11.9. The fraction of sp³-hybridized carbons (Fsp3) is 0.417. The summed E-state index contributed by atoms with van der Waals surface area (Å²) in [4.78, 5) is 11.9. The van der Waals surface area contributed by atoms with Crippen LogP contribution in [0.5, 0.6) is 0 Å². The molecule has 1 aromatic carbocycles. The molecule has 1 aliphatic heterocycles. The van der Waals surface area contributed by atoms with Crippen molar-refractivity contribution in [3.8, 4) is 0 Å². The van der Waals surface area contributed by atoms with Gasteiger partial charge in [-0.15, -0.1) is 0 Å². The number of sulfone groups is 1. The molecule has 4 nitrogen and oxygen atoms in total. The van der Waals surface area contributed by atoms with E-state index in [9.17, 15) is 13.2 Å². The molecule has 0 spiro atoms. The molecule has 0 saturated carbocycles. The second-order valence-electron chi connectivity index (χ2n) is 4.46. The van der Waals surface area contributed by atoms with Gasteiger partial charge in [-0.05, 0) is 47.1 Å². The lowest BCUT2D eigenvalue weighted by molar-refractivity contribution is 0.0947. The minimum Gasteiger partial charge on any atom is -0.352 e. The summed E-state index contributed by atoms with van der Waals surface area (Å²) in [6.07, 6.45) is 0.647. The smallest absolute Gasteiger partial charge is 0.252 e. The summed E-state index contributed by atoms with van der Waals surface area (Å²) in [7, 11) is -2.87. The number of nitrogens with one attached hydrogen (secondary N) is 1. The zero-order chi connectivity index (χ0) is 13.2. The molecule has 98 valence electrons. The first-order valence-corrected chi connectivity index (χ1v) is 8.61. The molecular weight excluding hydrogens is 365 g/mol. The van der Waals surface area contributed by atoms with E-state index in [0.29, 0.717) is 18.5 Å². The number of carbonyl (C=O) groups excluding carboxylic acids is 1. The molecule has 1 aromatic rings. The second-order valence-corrected chi connectivity index (χ2v) is 7.85. The molecule has 1 fully saturated rings. The van der Waals surface area contributed by atoms with Gasteiger partial charge in [0.15, 0.2) is 9.84 Å². The highest BCUT2D eigenvalue weighted by atomic mass is 127. The molecule has 6 heteroatoms. The van der Waals surface area contributed by atoms with Crippen LogP contribution in [0.4, 0.5) is 0 Å². The first kappa shape index (κ1) is 13.8. The third kappa shape index (κ3) is 3.44. The normalized spacial score (nSPS) is 21.7. The summed E-state index contributed by atoms with van der Waals surface area (Å²) < 4.78 is 23.5. The van der Waals surface area contributed by atoms with Crippen molar-refractivity contribution in [2.45, 2.75) is 6.42 Å². The van der Waals surface area contributed by atoms with Gasteiger partial charge in [-0.25, -0.2) is 8.42 Å². The molecule has 1 N–H and O–H groups in total. The lowest BCUT2D eigenvalue weighted by atomic mass is 10.1. The molecule has 1 amide bonds. The molecule has 0 aromatic heterocycles. The third-order valence-corrected chi connectivity index (χ3v) is 5.77. The van der Waals surface area contributed by atoms with Crippen LogP contribution in [0, 0.1) is 9.49 Å². The maximum Gasteiger partial charge on any atom is 0.252 e. The van der Waals surface area contributed by atoms with Crippen molar-refractivity contribution < 1.29 is 13.2 Å². The predicted octanol–water partition coefficient (Wildman–Crippen LogP) is 1.46. The van der Waals surface area contributed by atoms with Crippen LogP contribution >= 0.6 is 22.6 Å². The fourth-order valence-electron chi connectivity index (χ4n) is 2.01. The summed E-state index contributed by atoms with van der Waals surface area (Å²) in [6.45, 7) is 0.434. The highest BCUT2D eigenvalue weighted by molar-refractivity contribution is 14.1. The van der Waals surface area contributed by atoms with E-state index >= 15 is 0 Å². The lowest BCUT2D eigenvalue weighted by Crippen LogP contribution is -2.30. The number of amides is 1. The molecule has 18 heavy (non-hydrogen) atoms. The van der Waals surface area contributed by atoms with Crippen LogP contribution in [0.15, 0.2) is 24.3 Å². The van der Waals surface area contributed by atoms with Crippen molar-refractivity contribution in [2.75, 3.05) is 18.1 Å². The molecule has 0 bridgehead atoms. The van der Waals surface area contributed by atoms with Crippen molar-refractivity contribution in [2.24, 2.45) is 5.92 Å². The van der Waals surface area contributed by atoms with Gasteiger partial charge in [0, 0.05) is 10.1 Å². The fourth-order valence-corrected chi connectivity index (χ4v) is 4.50. The van der Waals surface area contributed by atoms with Crippen molar-refractivity contribution >= 4 is 38.3 Å². The van der Waals surface area contributed by atoms with E-state index in [1.807, 2.05) is 18.2 Å². The molecule has 1 unspecified atom stereocenters. The number of hydrogen-bond acceptors (Lipinski definition) is 3. The summed E-state index contributed by atoms with van der Waals surface area (Å²) in [6, 6.07) is 7.33. The Labute approximate surface area is 120 Å².